The lowest BCUT2D eigenvalue weighted by atomic mass is 9.83. The Labute approximate surface area is 249 Å². The molecule has 3 heterocycles. The van der Waals surface area contributed by atoms with Crippen molar-refractivity contribution in [3.05, 3.63) is 113 Å². The van der Waals surface area contributed by atoms with E-state index in [-0.39, 0.29) is 37.1 Å². The molecule has 220 valence electrons. The SMILES string of the molecule is C[C@@H](/C=C/CC(=O)N1CCC[C@H]1CO)[C@]1(O)C(=O)N(Cc2cccc(-n3ncc4ccccc4c3=O)c2)c2ccccc21. The summed E-state index contributed by atoms with van der Waals surface area (Å²) in [6.45, 7) is 2.53. The number of hydrogen-bond acceptors (Lipinski definition) is 6. The highest BCUT2D eigenvalue weighted by molar-refractivity contribution is 6.07. The predicted octanol–water partition coefficient (Wildman–Crippen LogP) is 3.69. The summed E-state index contributed by atoms with van der Waals surface area (Å²) >= 11 is 0. The second-order valence-electron chi connectivity index (χ2n) is 11.3. The maximum atomic E-state index is 13.9. The van der Waals surface area contributed by atoms with Gasteiger partial charge in [0, 0.05) is 29.8 Å². The largest absolute Gasteiger partial charge is 0.394 e. The third-order valence-electron chi connectivity index (χ3n) is 8.65. The summed E-state index contributed by atoms with van der Waals surface area (Å²) in [6.07, 6.45) is 6.87. The Morgan fingerprint density at radius 2 is 1.88 bits per heavy atom. The van der Waals surface area contributed by atoms with Crippen LogP contribution < -0.4 is 10.5 Å². The molecule has 9 nitrogen and oxygen atoms in total. The molecule has 2 aliphatic rings. The number of benzene rings is 3. The molecule has 2 N–H and O–H groups in total. The van der Waals surface area contributed by atoms with Crippen LogP contribution in [0.3, 0.4) is 0 Å². The number of anilines is 1. The predicted molar refractivity (Wildman–Crippen MR) is 164 cm³/mol. The number of fused-ring (bicyclic) bond motifs is 2. The standard InChI is InChI=1S/C34H34N4O5/c1-23(9-6-17-31(40)36-18-8-13-27(36)22-39)34(43)29-15-4-5-16-30(29)37(33(34)42)21-24-10-7-12-26(19-24)38-32(41)28-14-3-2-11-25(28)20-35-38/h2-7,9-12,14-16,19-20,23,27,39,43H,8,13,17-18,21-22H2,1H3/b9-6+/t23-,27-,34+/m0/s1. The lowest BCUT2D eigenvalue weighted by molar-refractivity contribution is -0.139. The van der Waals surface area contributed by atoms with E-state index in [1.165, 1.54) is 4.68 Å². The fraction of sp³-hybridized carbons (Fsp3) is 0.294. The highest BCUT2D eigenvalue weighted by Gasteiger charge is 2.52. The van der Waals surface area contributed by atoms with E-state index >= 15 is 0 Å². The van der Waals surface area contributed by atoms with Gasteiger partial charge in [-0.05, 0) is 42.7 Å². The molecule has 9 heteroatoms. The zero-order chi connectivity index (χ0) is 30.1. The molecule has 2 amide bonds. The molecule has 1 fully saturated rings. The number of aliphatic hydroxyl groups is 2. The molecule has 43 heavy (non-hydrogen) atoms. The molecular formula is C34H34N4O5. The third-order valence-corrected chi connectivity index (χ3v) is 8.65. The molecule has 0 bridgehead atoms. The normalized spacial score (nSPS) is 20.7. The molecule has 1 saturated heterocycles. The van der Waals surface area contributed by atoms with Crippen molar-refractivity contribution in [2.45, 2.75) is 44.4 Å². The first-order valence-corrected chi connectivity index (χ1v) is 14.6. The lowest BCUT2D eigenvalue weighted by Crippen LogP contribution is -2.44. The van der Waals surface area contributed by atoms with Crippen LogP contribution in [0.25, 0.3) is 16.5 Å². The highest BCUT2D eigenvalue weighted by Crippen LogP contribution is 2.45. The summed E-state index contributed by atoms with van der Waals surface area (Å²) in [5, 5.41) is 27.2. The van der Waals surface area contributed by atoms with Gasteiger partial charge in [-0.3, -0.25) is 14.4 Å². The molecule has 3 atom stereocenters. The van der Waals surface area contributed by atoms with Crippen LogP contribution in [0, 0.1) is 5.92 Å². The average molecular weight is 579 g/mol. The fourth-order valence-electron chi connectivity index (χ4n) is 6.29. The minimum atomic E-state index is -1.81. The first-order chi connectivity index (χ1) is 20.8. The maximum absolute atomic E-state index is 13.9. The van der Waals surface area contributed by atoms with Crippen LogP contribution in [0.5, 0.6) is 0 Å². The second kappa shape index (κ2) is 11.6. The number of carbonyl (C=O) groups is 2. The van der Waals surface area contributed by atoms with Crippen molar-refractivity contribution in [3.8, 4) is 5.69 Å². The van der Waals surface area contributed by atoms with Gasteiger partial charge in [0.2, 0.25) is 5.91 Å². The van der Waals surface area contributed by atoms with Crippen molar-refractivity contribution < 1.29 is 19.8 Å². The van der Waals surface area contributed by atoms with E-state index in [2.05, 4.69) is 5.10 Å². The van der Waals surface area contributed by atoms with E-state index in [9.17, 15) is 24.6 Å². The summed E-state index contributed by atoms with van der Waals surface area (Å²) in [4.78, 5) is 43.1. The van der Waals surface area contributed by atoms with E-state index in [1.54, 1.807) is 59.3 Å². The number of nitrogens with zero attached hydrogens (tertiary/aromatic N) is 4. The smallest absolute Gasteiger partial charge is 0.279 e. The topological polar surface area (TPSA) is 116 Å². The van der Waals surface area contributed by atoms with Gasteiger partial charge in [0.25, 0.3) is 11.5 Å². The number of aromatic nitrogens is 2. The van der Waals surface area contributed by atoms with Crippen LogP contribution in [0.15, 0.2) is 95.9 Å². The molecule has 0 radical (unpaired) electrons. The maximum Gasteiger partial charge on any atom is 0.279 e. The molecule has 0 aliphatic carbocycles. The van der Waals surface area contributed by atoms with Gasteiger partial charge in [-0.25, -0.2) is 0 Å². The van der Waals surface area contributed by atoms with E-state index in [4.69, 9.17) is 0 Å². The molecule has 0 spiro atoms. The Hall–Kier alpha value is -4.60. The Morgan fingerprint density at radius 1 is 1.09 bits per heavy atom. The summed E-state index contributed by atoms with van der Waals surface area (Å²) < 4.78 is 1.35. The Bertz CT molecular complexity index is 1780. The molecule has 3 aromatic carbocycles. The zero-order valence-electron chi connectivity index (χ0n) is 24.0. The number of carbonyl (C=O) groups excluding carboxylic acids is 2. The summed E-state index contributed by atoms with van der Waals surface area (Å²) in [6, 6.07) is 21.6. The quantitative estimate of drug-likeness (QED) is 0.308. The zero-order valence-corrected chi connectivity index (χ0v) is 24.0. The van der Waals surface area contributed by atoms with Crippen LogP contribution in [0.2, 0.25) is 0 Å². The molecular weight excluding hydrogens is 544 g/mol. The molecule has 6 rings (SSSR count). The number of aliphatic hydroxyl groups excluding tert-OH is 1. The number of likely N-dealkylation sites (tertiary alicyclic amines) is 1. The van der Waals surface area contributed by atoms with E-state index in [0.717, 1.165) is 23.8 Å². The molecule has 4 aromatic rings. The average Bonchev–Trinajstić information content (AvgIpc) is 3.60. The number of hydrogen-bond donors (Lipinski definition) is 2. The van der Waals surface area contributed by atoms with E-state index in [0.29, 0.717) is 28.9 Å². The van der Waals surface area contributed by atoms with Crippen LogP contribution in [0.4, 0.5) is 5.69 Å². The van der Waals surface area contributed by atoms with Gasteiger partial charge in [0.15, 0.2) is 5.60 Å². The van der Waals surface area contributed by atoms with Gasteiger partial charge in [-0.15, -0.1) is 0 Å². The highest BCUT2D eigenvalue weighted by atomic mass is 16.3. The molecule has 0 saturated carbocycles. The first-order valence-electron chi connectivity index (χ1n) is 14.6. The Kier molecular flexibility index (Phi) is 7.68. The monoisotopic (exact) mass is 578 g/mol. The van der Waals surface area contributed by atoms with Crippen molar-refractivity contribution >= 4 is 28.3 Å². The fourth-order valence-corrected chi connectivity index (χ4v) is 6.29. The first kappa shape index (κ1) is 28.5. The number of para-hydroxylation sites is 1. The molecule has 2 aliphatic heterocycles. The van der Waals surface area contributed by atoms with Crippen LogP contribution in [0.1, 0.15) is 37.3 Å². The van der Waals surface area contributed by atoms with E-state index < -0.39 is 17.4 Å². The van der Waals surface area contributed by atoms with Gasteiger partial charge >= 0.3 is 0 Å². The molecule has 1 aromatic heterocycles. The van der Waals surface area contributed by atoms with Crippen LogP contribution >= 0.6 is 0 Å². The van der Waals surface area contributed by atoms with Gasteiger partial charge in [0.1, 0.15) is 0 Å². The third kappa shape index (κ3) is 5.04. The van der Waals surface area contributed by atoms with Crippen molar-refractivity contribution in [3.63, 3.8) is 0 Å². The Morgan fingerprint density at radius 3 is 2.72 bits per heavy atom. The molecule has 0 unspecified atom stereocenters. The van der Waals surface area contributed by atoms with E-state index in [1.807, 2.05) is 48.5 Å². The summed E-state index contributed by atoms with van der Waals surface area (Å²) in [5.74, 6) is -1.15. The van der Waals surface area contributed by atoms with Crippen LogP contribution in [-0.4, -0.2) is 55.9 Å². The number of amides is 2. The second-order valence-corrected chi connectivity index (χ2v) is 11.3. The van der Waals surface area contributed by atoms with Gasteiger partial charge in [-0.2, -0.15) is 9.78 Å². The minimum absolute atomic E-state index is 0.0505. The summed E-state index contributed by atoms with van der Waals surface area (Å²) in [5.41, 5.74) is 0.414. The van der Waals surface area contributed by atoms with Gasteiger partial charge in [0.05, 0.1) is 42.2 Å². The van der Waals surface area contributed by atoms with Crippen molar-refractivity contribution in [2.75, 3.05) is 18.1 Å². The minimum Gasteiger partial charge on any atom is -0.394 e. The van der Waals surface area contributed by atoms with Gasteiger partial charge < -0.3 is 20.0 Å². The lowest BCUT2D eigenvalue weighted by Gasteiger charge is -2.28. The van der Waals surface area contributed by atoms with Crippen molar-refractivity contribution in [1.29, 1.82) is 0 Å². The van der Waals surface area contributed by atoms with Crippen molar-refractivity contribution in [2.24, 2.45) is 5.92 Å². The van der Waals surface area contributed by atoms with Crippen molar-refractivity contribution in [1.82, 2.24) is 14.7 Å². The van der Waals surface area contributed by atoms with Gasteiger partial charge in [-0.1, -0.05) is 67.6 Å². The summed E-state index contributed by atoms with van der Waals surface area (Å²) in [7, 11) is 0. The van der Waals surface area contributed by atoms with Crippen LogP contribution in [-0.2, 0) is 21.7 Å². The Balaban J connectivity index is 1.24. The number of rotatable bonds is 8.